The van der Waals surface area contributed by atoms with E-state index in [1.165, 1.54) is 0 Å². The van der Waals surface area contributed by atoms with Crippen LogP contribution in [-0.4, -0.2) is 24.2 Å². The zero-order valence-corrected chi connectivity index (χ0v) is 10.9. The van der Waals surface area contributed by atoms with Crippen molar-refractivity contribution in [1.82, 2.24) is 9.97 Å². The van der Waals surface area contributed by atoms with E-state index in [1.54, 1.807) is 26.5 Å². The molecule has 0 unspecified atom stereocenters. The molecule has 0 saturated heterocycles. The van der Waals surface area contributed by atoms with Crippen LogP contribution in [0.3, 0.4) is 0 Å². The van der Waals surface area contributed by atoms with E-state index < -0.39 is 0 Å². The molecule has 0 spiro atoms. The number of aromatic nitrogens is 2. The Bertz CT molecular complexity index is 560. The molecule has 0 radical (unpaired) electrons. The van der Waals surface area contributed by atoms with Crippen LogP contribution in [-0.2, 0) is 6.54 Å². The van der Waals surface area contributed by atoms with Crippen LogP contribution in [0.4, 0.5) is 11.8 Å². The molecule has 2 aromatic rings. The van der Waals surface area contributed by atoms with Crippen LogP contribution in [0, 0.1) is 0 Å². The van der Waals surface area contributed by atoms with Crippen molar-refractivity contribution in [1.29, 1.82) is 0 Å². The minimum Gasteiger partial charge on any atom is -0.493 e. The maximum absolute atomic E-state index is 5.51. The predicted octanol–water partition coefficient (Wildman–Crippen LogP) is 1.69. The summed E-state index contributed by atoms with van der Waals surface area (Å²) in [7, 11) is 3.22. The highest BCUT2D eigenvalue weighted by Crippen LogP contribution is 2.27. The zero-order chi connectivity index (χ0) is 13.7. The first-order valence-corrected chi connectivity index (χ1v) is 5.76. The van der Waals surface area contributed by atoms with Crippen LogP contribution in [0.15, 0.2) is 30.5 Å². The maximum atomic E-state index is 5.51. The van der Waals surface area contributed by atoms with Gasteiger partial charge in [-0.2, -0.15) is 4.98 Å². The molecule has 100 valence electrons. The summed E-state index contributed by atoms with van der Waals surface area (Å²) in [5, 5.41) is 3.16. The maximum Gasteiger partial charge on any atom is 0.221 e. The van der Waals surface area contributed by atoms with Crippen molar-refractivity contribution >= 4 is 11.8 Å². The van der Waals surface area contributed by atoms with Crippen molar-refractivity contribution in [3.05, 3.63) is 36.0 Å². The Hall–Kier alpha value is -2.50. The van der Waals surface area contributed by atoms with Gasteiger partial charge in [0.25, 0.3) is 0 Å². The summed E-state index contributed by atoms with van der Waals surface area (Å²) >= 11 is 0. The van der Waals surface area contributed by atoms with Crippen molar-refractivity contribution in [3.63, 3.8) is 0 Å². The highest BCUT2D eigenvalue weighted by molar-refractivity contribution is 5.44. The molecule has 3 N–H and O–H groups in total. The van der Waals surface area contributed by atoms with Crippen molar-refractivity contribution < 1.29 is 9.47 Å². The van der Waals surface area contributed by atoms with Gasteiger partial charge in [0, 0.05) is 12.7 Å². The molecule has 0 atom stereocenters. The van der Waals surface area contributed by atoms with E-state index in [1.807, 2.05) is 18.2 Å². The Morgan fingerprint density at radius 2 is 1.95 bits per heavy atom. The summed E-state index contributed by atoms with van der Waals surface area (Å²) in [4.78, 5) is 7.90. The van der Waals surface area contributed by atoms with E-state index in [2.05, 4.69) is 15.3 Å². The van der Waals surface area contributed by atoms with Gasteiger partial charge in [-0.25, -0.2) is 4.98 Å². The normalized spacial score (nSPS) is 10.0. The second kappa shape index (κ2) is 5.90. The fourth-order valence-electron chi connectivity index (χ4n) is 1.66. The summed E-state index contributed by atoms with van der Waals surface area (Å²) < 4.78 is 10.4. The SMILES string of the molecule is COc1ccc(CNc2ccnc(N)n2)cc1OC. The smallest absolute Gasteiger partial charge is 0.221 e. The molecule has 19 heavy (non-hydrogen) atoms. The minimum absolute atomic E-state index is 0.248. The number of rotatable bonds is 5. The molecule has 0 aliphatic rings. The van der Waals surface area contributed by atoms with Gasteiger partial charge in [0.15, 0.2) is 11.5 Å². The standard InChI is InChI=1S/C13H16N4O2/c1-18-10-4-3-9(7-11(10)19-2)8-16-12-5-6-15-13(14)17-12/h3-7H,8H2,1-2H3,(H3,14,15,16,17). The summed E-state index contributed by atoms with van der Waals surface area (Å²) in [5.74, 6) is 2.33. The number of ether oxygens (including phenoxy) is 2. The number of nitrogen functional groups attached to an aromatic ring is 1. The minimum atomic E-state index is 0.248. The van der Waals surface area contributed by atoms with Crippen molar-refractivity contribution in [3.8, 4) is 11.5 Å². The fraction of sp³-hybridized carbons (Fsp3) is 0.231. The number of hydrogen-bond acceptors (Lipinski definition) is 6. The highest BCUT2D eigenvalue weighted by atomic mass is 16.5. The largest absolute Gasteiger partial charge is 0.493 e. The van der Waals surface area contributed by atoms with Crippen LogP contribution < -0.4 is 20.5 Å². The third-order valence-electron chi connectivity index (χ3n) is 2.60. The molecule has 6 heteroatoms. The van der Waals surface area contributed by atoms with Crippen molar-refractivity contribution in [2.45, 2.75) is 6.54 Å². The van der Waals surface area contributed by atoms with Gasteiger partial charge in [0.1, 0.15) is 5.82 Å². The Balaban J connectivity index is 2.07. The van der Waals surface area contributed by atoms with Gasteiger partial charge < -0.3 is 20.5 Å². The summed E-state index contributed by atoms with van der Waals surface area (Å²) in [6, 6.07) is 7.50. The van der Waals surface area contributed by atoms with E-state index in [4.69, 9.17) is 15.2 Å². The van der Waals surface area contributed by atoms with E-state index in [0.29, 0.717) is 23.9 Å². The Morgan fingerprint density at radius 1 is 1.16 bits per heavy atom. The quantitative estimate of drug-likeness (QED) is 0.851. The molecule has 6 nitrogen and oxygen atoms in total. The summed E-state index contributed by atoms with van der Waals surface area (Å²) in [6.07, 6.45) is 1.61. The lowest BCUT2D eigenvalue weighted by Gasteiger charge is -2.10. The Morgan fingerprint density at radius 3 is 2.63 bits per heavy atom. The first-order valence-electron chi connectivity index (χ1n) is 5.76. The molecule has 0 aliphatic heterocycles. The third-order valence-corrected chi connectivity index (χ3v) is 2.60. The van der Waals surface area contributed by atoms with E-state index >= 15 is 0 Å². The number of anilines is 2. The zero-order valence-electron chi connectivity index (χ0n) is 10.9. The molecule has 2 rings (SSSR count). The van der Waals surface area contributed by atoms with Crippen LogP contribution in [0.2, 0.25) is 0 Å². The van der Waals surface area contributed by atoms with Gasteiger partial charge in [-0.1, -0.05) is 6.07 Å². The van der Waals surface area contributed by atoms with Crippen molar-refractivity contribution in [2.75, 3.05) is 25.3 Å². The van der Waals surface area contributed by atoms with Gasteiger partial charge in [-0.05, 0) is 23.8 Å². The van der Waals surface area contributed by atoms with Crippen LogP contribution in [0.25, 0.3) is 0 Å². The second-order valence-corrected chi connectivity index (χ2v) is 3.84. The monoisotopic (exact) mass is 260 g/mol. The lowest BCUT2D eigenvalue weighted by atomic mass is 10.2. The number of hydrogen-bond donors (Lipinski definition) is 2. The van der Waals surface area contributed by atoms with Gasteiger partial charge in [-0.15, -0.1) is 0 Å². The van der Waals surface area contributed by atoms with E-state index in [0.717, 1.165) is 5.56 Å². The summed E-state index contributed by atoms with van der Waals surface area (Å²) in [5.41, 5.74) is 6.56. The Kier molecular flexibility index (Phi) is 4.02. The molecule has 1 heterocycles. The van der Waals surface area contributed by atoms with E-state index in [-0.39, 0.29) is 5.95 Å². The van der Waals surface area contributed by atoms with Gasteiger partial charge in [0.2, 0.25) is 5.95 Å². The molecule has 0 amide bonds. The van der Waals surface area contributed by atoms with Gasteiger partial charge in [0.05, 0.1) is 14.2 Å². The molecule has 1 aromatic heterocycles. The molecular weight excluding hydrogens is 244 g/mol. The number of methoxy groups -OCH3 is 2. The average molecular weight is 260 g/mol. The molecule has 0 fully saturated rings. The molecule has 0 aliphatic carbocycles. The van der Waals surface area contributed by atoms with Gasteiger partial charge in [-0.3, -0.25) is 0 Å². The molecule has 1 aromatic carbocycles. The highest BCUT2D eigenvalue weighted by Gasteiger charge is 2.04. The number of nitrogens with one attached hydrogen (secondary N) is 1. The second-order valence-electron chi connectivity index (χ2n) is 3.84. The van der Waals surface area contributed by atoms with Crippen molar-refractivity contribution in [2.24, 2.45) is 0 Å². The number of nitrogens with two attached hydrogens (primary N) is 1. The van der Waals surface area contributed by atoms with Crippen LogP contribution in [0.1, 0.15) is 5.56 Å². The topological polar surface area (TPSA) is 82.3 Å². The molecular formula is C13H16N4O2. The van der Waals surface area contributed by atoms with Crippen LogP contribution in [0.5, 0.6) is 11.5 Å². The number of nitrogens with zero attached hydrogens (tertiary/aromatic N) is 2. The lowest BCUT2D eigenvalue weighted by Crippen LogP contribution is -2.04. The summed E-state index contributed by atoms with van der Waals surface area (Å²) in [6.45, 7) is 0.608. The predicted molar refractivity (Wildman–Crippen MR) is 73.3 cm³/mol. The van der Waals surface area contributed by atoms with E-state index in [9.17, 15) is 0 Å². The fourth-order valence-corrected chi connectivity index (χ4v) is 1.66. The van der Waals surface area contributed by atoms with Crippen LogP contribution >= 0.6 is 0 Å². The lowest BCUT2D eigenvalue weighted by molar-refractivity contribution is 0.354. The average Bonchev–Trinajstić information content (AvgIpc) is 2.45. The first-order chi connectivity index (χ1) is 9.22. The molecule has 0 saturated carbocycles. The number of benzene rings is 1. The third kappa shape index (κ3) is 3.25. The first kappa shape index (κ1) is 12.9. The Labute approximate surface area is 111 Å². The van der Waals surface area contributed by atoms with Gasteiger partial charge >= 0.3 is 0 Å². The molecule has 0 bridgehead atoms.